The van der Waals surface area contributed by atoms with Gasteiger partial charge in [-0.1, -0.05) is 16.8 Å². The summed E-state index contributed by atoms with van der Waals surface area (Å²) in [6.45, 7) is 0.462. The molecule has 0 radical (unpaired) electrons. The summed E-state index contributed by atoms with van der Waals surface area (Å²) >= 11 is 5.96. The molecule has 1 heterocycles. The van der Waals surface area contributed by atoms with Crippen molar-refractivity contribution in [3.8, 4) is 5.75 Å². The van der Waals surface area contributed by atoms with Crippen LogP contribution in [0.2, 0.25) is 5.02 Å². The second-order valence-corrected chi connectivity index (χ2v) is 4.69. The zero-order chi connectivity index (χ0) is 14.5. The molecular weight excluding hydrogens is 282 g/mol. The zero-order valence-electron chi connectivity index (χ0n) is 10.9. The Balaban J connectivity index is 2.10. The number of ether oxygens (including phenoxy) is 1. The third kappa shape index (κ3) is 3.71. The van der Waals surface area contributed by atoms with E-state index in [0.29, 0.717) is 23.7 Å². The second kappa shape index (κ2) is 6.38. The fourth-order valence-corrected chi connectivity index (χ4v) is 2.01. The van der Waals surface area contributed by atoms with E-state index in [-0.39, 0.29) is 6.42 Å². The van der Waals surface area contributed by atoms with Gasteiger partial charge >= 0.3 is 5.97 Å². The van der Waals surface area contributed by atoms with Crippen molar-refractivity contribution in [1.82, 2.24) is 15.0 Å². The summed E-state index contributed by atoms with van der Waals surface area (Å²) < 4.78 is 6.89. The molecule has 0 aliphatic heterocycles. The Hall–Kier alpha value is -2.08. The zero-order valence-corrected chi connectivity index (χ0v) is 11.7. The number of aliphatic carboxylic acids is 1. The van der Waals surface area contributed by atoms with E-state index >= 15 is 0 Å². The van der Waals surface area contributed by atoms with Crippen molar-refractivity contribution in [2.24, 2.45) is 0 Å². The van der Waals surface area contributed by atoms with E-state index in [9.17, 15) is 4.79 Å². The highest BCUT2D eigenvalue weighted by Gasteiger charge is 2.08. The van der Waals surface area contributed by atoms with Crippen LogP contribution in [-0.4, -0.2) is 33.2 Å². The number of carboxylic acid groups (broad SMARTS) is 1. The van der Waals surface area contributed by atoms with Crippen LogP contribution in [0.3, 0.4) is 0 Å². The number of aromatic nitrogens is 3. The number of benzene rings is 1. The van der Waals surface area contributed by atoms with Gasteiger partial charge < -0.3 is 9.84 Å². The molecule has 1 aromatic heterocycles. The molecule has 2 aromatic rings. The minimum atomic E-state index is -0.851. The van der Waals surface area contributed by atoms with E-state index in [2.05, 4.69) is 10.3 Å². The molecule has 20 heavy (non-hydrogen) atoms. The van der Waals surface area contributed by atoms with Crippen LogP contribution in [0.4, 0.5) is 0 Å². The second-order valence-electron chi connectivity index (χ2n) is 4.26. The molecule has 0 spiro atoms. The molecule has 0 saturated carbocycles. The number of methoxy groups -OCH3 is 1. The van der Waals surface area contributed by atoms with Gasteiger partial charge in [-0.3, -0.25) is 4.79 Å². The quantitative estimate of drug-likeness (QED) is 0.882. The number of rotatable bonds is 6. The summed E-state index contributed by atoms with van der Waals surface area (Å²) in [4.78, 5) is 10.5. The third-order valence-electron chi connectivity index (χ3n) is 2.76. The summed E-state index contributed by atoms with van der Waals surface area (Å²) in [6, 6.07) is 5.35. The third-order valence-corrected chi connectivity index (χ3v) is 2.99. The van der Waals surface area contributed by atoms with Gasteiger partial charge in [0.2, 0.25) is 0 Å². The highest BCUT2D eigenvalue weighted by molar-refractivity contribution is 6.30. The Labute approximate surface area is 120 Å². The maximum atomic E-state index is 10.5. The minimum absolute atomic E-state index is 0.0409. The number of hydrogen-bond donors (Lipinski definition) is 1. The highest BCUT2D eigenvalue weighted by Crippen LogP contribution is 2.23. The van der Waals surface area contributed by atoms with Crippen LogP contribution in [0.15, 0.2) is 24.4 Å². The first-order valence-corrected chi connectivity index (χ1v) is 6.39. The van der Waals surface area contributed by atoms with Gasteiger partial charge in [0.25, 0.3) is 0 Å². The molecular formula is C13H14ClN3O3. The topological polar surface area (TPSA) is 77.2 Å². The molecule has 0 atom stereocenters. The summed E-state index contributed by atoms with van der Waals surface area (Å²) in [5.41, 5.74) is 1.53. The van der Waals surface area contributed by atoms with E-state index < -0.39 is 5.97 Å². The molecule has 1 N–H and O–H groups in total. The Kier molecular flexibility index (Phi) is 4.57. The Morgan fingerprint density at radius 3 is 3.00 bits per heavy atom. The van der Waals surface area contributed by atoms with Gasteiger partial charge in [0.1, 0.15) is 5.75 Å². The standard InChI is InChI=1S/C13H14ClN3O3/c1-20-12-4-2-10(14)6-9(12)7-17-8-11(15-16-17)3-5-13(18)19/h2,4,6,8H,3,5,7H2,1H3,(H,18,19). The van der Waals surface area contributed by atoms with E-state index in [1.165, 1.54) is 0 Å². The Morgan fingerprint density at radius 1 is 1.50 bits per heavy atom. The number of carboxylic acids is 1. The van der Waals surface area contributed by atoms with Crippen LogP contribution < -0.4 is 4.74 Å². The molecule has 1 aromatic carbocycles. The lowest BCUT2D eigenvalue weighted by molar-refractivity contribution is -0.136. The number of hydrogen-bond acceptors (Lipinski definition) is 4. The van der Waals surface area contributed by atoms with Crippen LogP contribution in [0, 0.1) is 0 Å². The average molecular weight is 296 g/mol. The van der Waals surface area contributed by atoms with Crippen LogP contribution in [-0.2, 0) is 17.8 Å². The largest absolute Gasteiger partial charge is 0.496 e. The van der Waals surface area contributed by atoms with Gasteiger partial charge in [0.05, 0.1) is 25.8 Å². The molecule has 0 aliphatic carbocycles. The van der Waals surface area contributed by atoms with Crippen molar-refractivity contribution in [1.29, 1.82) is 0 Å². The van der Waals surface area contributed by atoms with Gasteiger partial charge in [0, 0.05) is 23.2 Å². The van der Waals surface area contributed by atoms with E-state index in [4.69, 9.17) is 21.4 Å². The maximum Gasteiger partial charge on any atom is 0.303 e. The lowest BCUT2D eigenvalue weighted by atomic mass is 10.2. The summed E-state index contributed by atoms with van der Waals surface area (Å²) in [6.07, 6.45) is 2.13. The lowest BCUT2D eigenvalue weighted by Gasteiger charge is -2.08. The van der Waals surface area contributed by atoms with Crippen molar-refractivity contribution >= 4 is 17.6 Å². The molecule has 7 heteroatoms. The highest BCUT2D eigenvalue weighted by atomic mass is 35.5. The normalized spacial score (nSPS) is 10.5. The van der Waals surface area contributed by atoms with E-state index in [1.54, 1.807) is 36.2 Å². The first kappa shape index (κ1) is 14.3. The fourth-order valence-electron chi connectivity index (χ4n) is 1.81. The predicted molar refractivity (Wildman–Crippen MR) is 73.1 cm³/mol. The molecule has 0 unspecified atom stereocenters. The van der Waals surface area contributed by atoms with Crippen molar-refractivity contribution in [2.75, 3.05) is 7.11 Å². The van der Waals surface area contributed by atoms with Crippen LogP contribution >= 0.6 is 11.6 Å². The number of nitrogens with zero attached hydrogens (tertiary/aromatic N) is 3. The van der Waals surface area contributed by atoms with Crippen molar-refractivity contribution in [3.05, 3.63) is 40.7 Å². The predicted octanol–water partition coefficient (Wildman–Crippen LogP) is 2.01. The lowest BCUT2D eigenvalue weighted by Crippen LogP contribution is -2.02. The smallest absolute Gasteiger partial charge is 0.303 e. The van der Waals surface area contributed by atoms with Gasteiger partial charge in [-0.05, 0) is 18.2 Å². The van der Waals surface area contributed by atoms with Crippen LogP contribution in [0.25, 0.3) is 0 Å². The molecule has 0 amide bonds. The Bertz CT molecular complexity index is 613. The van der Waals surface area contributed by atoms with Gasteiger partial charge in [0.15, 0.2) is 0 Å². The van der Waals surface area contributed by atoms with Gasteiger partial charge in [-0.2, -0.15) is 0 Å². The van der Waals surface area contributed by atoms with Crippen molar-refractivity contribution in [2.45, 2.75) is 19.4 Å². The summed E-state index contributed by atoms with van der Waals surface area (Å²) in [5.74, 6) is -0.131. The number of carbonyl (C=O) groups is 1. The van der Waals surface area contributed by atoms with Gasteiger partial charge in [-0.25, -0.2) is 4.68 Å². The number of aryl methyl sites for hydroxylation is 1. The average Bonchev–Trinajstić information content (AvgIpc) is 2.84. The molecule has 0 saturated heterocycles. The number of halogens is 1. The summed E-state index contributed by atoms with van der Waals surface area (Å²) in [7, 11) is 1.59. The molecule has 6 nitrogen and oxygen atoms in total. The first-order valence-electron chi connectivity index (χ1n) is 6.01. The monoisotopic (exact) mass is 295 g/mol. The minimum Gasteiger partial charge on any atom is -0.496 e. The molecule has 0 bridgehead atoms. The van der Waals surface area contributed by atoms with Crippen LogP contribution in [0.5, 0.6) is 5.75 Å². The van der Waals surface area contributed by atoms with Crippen molar-refractivity contribution < 1.29 is 14.6 Å². The maximum absolute atomic E-state index is 10.5. The molecule has 106 valence electrons. The fraction of sp³-hybridized carbons (Fsp3) is 0.308. The van der Waals surface area contributed by atoms with Crippen LogP contribution in [0.1, 0.15) is 17.7 Å². The molecule has 2 rings (SSSR count). The summed E-state index contributed by atoms with van der Waals surface area (Å²) in [5, 5.41) is 17.2. The van der Waals surface area contributed by atoms with Crippen molar-refractivity contribution in [3.63, 3.8) is 0 Å². The van der Waals surface area contributed by atoms with Gasteiger partial charge in [-0.15, -0.1) is 5.10 Å². The Morgan fingerprint density at radius 2 is 2.30 bits per heavy atom. The molecule has 0 aliphatic rings. The first-order chi connectivity index (χ1) is 9.58. The van der Waals surface area contributed by atoms with E-state index in [1.807, 2.05) is 0 Å². The molecule has 0 fully saturated rings. The SMILES string of the molecule is COc1ccc(Cl)cc1Cn1cc(CCC(=O)O)nn1. The van der Waals surface area contributed by atoms with E-state index in [0.717, 1.165) is 11.3 Å².